The lowest BCUT2D eigenvalue weighted by Gasteiger charge is -2.01. The summed E-state index contributed by atoms with van der Waals surface area (Å²) in [6.45, 7) is 0.873. The molecule has 0 aliphatic carbocycles. The summed E-state index contributed by atoms with van der Waals surface area (Å²) in [6, 6.07) is 0. The molecule has 1 heterocycles. The molecular weight excluding hydrogens is 191 g/mol. The van der Waals surface area contributed by atoms with Gasteiger partial charge in [0.15, 0.2) is 0 Å². The summed E-state index contributed by atoms with van der Waals surface area (Å²) in [5.74, 6) is 0. The molecule has 0 aromatic carbocycles. The molecule has 0 N–H and O–H groups in total. The van der Waals surface area contributed by atoms with Crippen LogP contribution in [0.15, 0.2) is 0 Å². The minimum absolute atomic E-state index is 0.136. The average Bonchev–Trinajstić information content (AvgIpc) is 3.05. The summed E-state index contributed by atoms with van der Waals surface area (Å²) in [5, 5.41) is 0. The SMILES string of the molecule is FCCCCCCCCCCCC1CO1. The number of rotatable bonds is 11. The van der Waals surface area contributed by atoms with Crippen LogP contribution in [0.5, 0.6) is 0 Å². The van der Waals surface area contributed by atoms with Crippen LogP contribution >= 0.6 is 0 Å². The van der Waals surface area contributed by atoms with Gasteiger partial charge in [0.2, 0.25) is 0 Å². The highest BCUT2D eigenvalue weighted by Gasteiger charge is 2.20. The largest absolute Gasteiger partial charge is 0.373 e. The molecule has 0 aromatic rings. The molecule has 1 fully saturated rings. The third kappa shape index (κ3) is 8.86. The first-order chi connectivity index (χ1) is 7.43. The van der Waals surface area contributed by atoms with Gasteiger partial charge in [0.25, 0.3) is 0 Å². The number of epoxide rings is 1. The summed E-state index contributed by atoms with van der Waals surface area (Å²) >= 11 is 0. The van der Waals surface area contributed by atoms with E-state index < -0.39 is 0 Å². The van der Waals surface area contributed by atoms with E-state index in [1.165, 1.54) is 51.4 Å². The van der Waals surface area contributed by atoms with Crippen LogP contribution < -0.4 is 0 Å². The molecule has 0 amide bonds. The van der Waals surface area contributed by atoms with Crippen molar-refractivity contribution < 1.29 is 9.13 Å². The first-order valence-electron chi connectivity index (χ1n) is 6.61. The van der Waals surface area contributed by atoms with E-state index in [-0.39, 0.29) is 6.67 Å². The van der Waals surface area contributed by atoms with E-state index in [1.807, 2.05) is 0 Å². The maximum Gasteiger partial charge on any atom is 0.0894 e. The fourth-order valence-electron chi connectivity index (χ4n) is 1.94. The number of hydrogen-bond donors (Lipinski definition) is 0. The van der Waals surface area contributed by atoms with Gasteiger partial charge in [-0.15, -0.1) is 0 Å². The van der Waals surface area contributed by atoms with Crippen molar-refractivity contribution in [3.63, 3.8) is 0 Å². The van der Waals surface area contributed by atoms with E-state index in [1.54, 1.807) is 0 Å². The fraction of sp³-hybridized carbons (Fsp3) is 1.00. The normalized spacial score (nSPS) is 19.4. The smallest absolute Gasteiger partial charge is 0.0894 e. The zero-order valence-electron chi connectivity index (χ0n) is 9.85. The molecule has 0 saturated carbocycles. The lowest BCUT2D eigenvalue weighted by Crippen LogP contribution is -1.86. The molecule has 1 atom stereocenters. The molecule has 1 aliphatic heterocycles. The lowest BCUT2D eigenvalue weighted by atomic mass is 10.1. The van der Waals surface area contributed by atoms with Crippen LogP contribution in [0.4, 0.5) is 4.39 Å². The van der Waals surface area contributed by atoms with Gasteiger partial charge in [-0.1, -0.05) is 51.4 Å². The molecule has 1 unspecified atom stereocenters. The maximum absolute atomic E-state index is 11.8. The van der Waals surface area contributed by atoms with Crippen molar-refractivity contribution in [3.8, 4) is 0 Å². The zero-order chi connectivity index (χ0) is 10.8. The Morgan fingerprint density at radius 3 is 1.73 bits per heavy atom. The first kappa shape index (κ1) is 13.0. The number of unbranched alkanes of at least 4 members (excludes halogenated alkanes) is 8. The Balaban J connectivity index is 1.62. The van der Waals surface area contributed by atoms with Crippen LogP contribution in [0.1, 0.15) is 64.2 Å². The molecule has 1 aliphatic rings. The third-order valence-corrected chi connectivity index (χ3v) is 3.06. The fourth-order valence-corrected chi connectivity index (χ4v) is 1.94. The van der Waals surface area contributed by atoms with Crippen molar-refractivity contribution in [3.05, 3.63) is 0 Å². The van der Waals surface area contributed by atoms with E-state index >= 15 is 0 Å². The van der Waals surface area contributed by atoms with Crippen molar-refractivity contribution in [2.45, 2.75) is 70.3 Å². The van der Waals surface area contributed by atoms with E-state index in [0.29, 0.717) is 6.10 Å². The van der Waals surface area contributed by atoms with Crippen molar-refractivity contribution in [2.75, 3.05) is 13.3 Å². The third-order valence-electron chi connectivity index (χ3n) is 3.06. The van der Waals surface area contributed by atoms with E-state index in [4.69, 9.17) is 4.74 Å². The van der Waals surface area contributed by atoms with E-state index in [9.17, 15) is 4.39 Å². The predicted molar refractivity (Wildman–Crippen MR) is 61.9 cm³/mol. The molecule has 0 aromatic heterocycles. The van der Waals surface area contributed by atoms with E-state index in [0.717, 1.165) is 19.4 Å². The zero-order valence-corrected chi connectivity index (χ0v) is 9.85. The Morgan fingerprint density at radius 2 is 1.27 bits per heavy atom. The molecule has 0 bridgehead atoms. The number of alkyl halides is 1. The summed E-state index contributed by atoms with van der Waals surface area (Å²) in [4.78, 5) is 0. The number of ether oxygens (including phenoxy) is 1. The van der Waals surface area contributed by atoms with Crippen molar-refractivity contribution in [1.82, 2.24) is 0 Å². The Kier molecular flexibility index (Phi) is 7.90. The van der Waals surface area contributed by atoms with E-state index in [2.05, 4.69) is 0 Å². The van der Waals surface area contributed by atoms with Crippen LogP contribution in [0.25, 0.3) is 0 Å². The number of halogens is 1. The standard InChI is InChI=1S/C13H25FO/c14-11-9-7-5-3-1-2-4-6-8-10-13-12-15-13/h13H,1-12H2. The first-order valence-corrected chi connectivity index (χ1v) is 6.61. The second-order valence-corrected chi connectivity index (χ2v) is 4.61. The highest BCUT2D eigenvalue weighted by molar-refractivity contribution is 4.68. The summed E-state index contributed by atoms with van der Waals surface area (Å²) in [5.41, 5.74) is 0. The molecule has 0 radical (unpaired) electrons. The van der Waals surface area contributed by atoms with Crippen molar-refractivity contribution in [1.29, 1.82) is 0 Å². The lowest BCUT2D eigenvalue weighted by molar-refractivity contribution is 0.387. The Morgan fingerprint density at radius 1 is 0.800 bits per heavy atom. The quantitative estimate of drug-likeness (QED) is 0.371. The molecule has 1 rings (SSSR count). The molecule has 90 valence electrons. The van der Waals surface area contributed by atoms with Gasteiger partial charge in [0.05, 0.1) is 19.4 Å². The average molecular weight is 216 g/mol. The summed E-state index contributed by atoms with van der Waals surface area (Å²) in [7, 11) is 0. The minimum Gasteiger partial charge on any atom is -0.373 e. The van der Waals surface area contributed by atoms with Crippen molar-refractivity contribution >= 4 is 0 Å². The Labute approximate surface area is 93.4 Å². The van der Waals surface area contributed by atoms with Gasteiger partial charge in [-0.05, 0) is 12.8 Å². The molecule has 15 heavy (non-hydrogen) atoms. The monoisotopic (exact) mass is 216 g/mol. The topological polar surface area (TPSA) is 12.5 Å². The minimum atomic E-state index is -0.136. The van der Waals surface area contributed by atoms with Gasteiger partial charge in [-0.25, -0.2) is 0 Å². The molecule has 2 heteroatoms. The highest BCUT2D eigenvalue weighted by atomic mass is 19.1. The second kappa shape index (κ2) is 9.14. The predicted octanol–water partition coefficient (Wildman–Crippen LogP) is 4.26. The molecule has 1 nitrogen and oxygen atoms in total. The highest BCUT2D eigenvalue weighted by Crippen LogP contribution is 2.18. The van der Waals surface area contributed by atoms with Crippen LogP contribution in [-0.2, 0) is 4.74 Å². The van der Waals surface area contributed by atoms with Gasteiger partial charge < -0.3 is 4.74 Å². The van der Waals surface area contributed by atoms with Gasteiger partial charge in [0.1, 0.15) is 0 Å². The van der Waals surface area contributed by atoms with Gasteiger partial charge >= 0.3 is 0 Å². The maximum atomic E-state index is 11.8. The van der Waals surface area contributed by atoms with Gasteiger partial charge in [0, 0.05) is 0 Å². The second-order valence-electron chi connectivity index (χ2n) is 4.61. The van der Waals surface area contributed by atoms with Gasteiger partial charge in [-0.2, -0.15) is 0 Å². The summed E-state index contributed by atoms with van der Waals surface area (Å²) < 4.78 is 16.9. The Hall–Kier alpha value is -0.110. The summed E-state index contributed by atoms with van der Waals surface area (Å²) in [6.07, 6.45) is 13.0. The van der Waals surface area contributed by atoms with Gasteiger partial charge in [-0.3, -0.25) is 4.39 Å². The van der Waals surface area contributed by atoms with Crippen LogP contribution in [0.3, 0.4) is 0 Å². The number of hydrogen-bond acceptors (Lipinski definition) is 1. The van der Waals surface area contributed by atoms with Crippen LogP contribution in [-0.4, -0.2) is 19.4 Å². The van der Waals surface area contributed by atoms with Crippen molar-refractivity contribution in [2.24, 2.45) is 0 Å². The molecule has 1 saturated heterocycles. The molecule has 0 spiro atoms. The van der Waals surface area contributed by atoms with Crippen LogP contribution in [0, 0.1) is 0 Å². The van der Waals surface area contributed by atoms with Crippen LogP contribution in [0.2, 0.25) is 0 Å². The Bertz CT molecular complexity index is 134. The molecular formula is C13H25FO.